The minimum Gasteiger partial charge on any atom is -0.356 e. The zero-order chi connectivity index (χ0) is 15.8. The lowest BCUT2D eigenvalue weighted by Gasteiger charge is -2.30. The zero-order valence-electron chi connectivity index (χ0n) is 13.5. The Morgan fingerprint density at radius 3 is 3.05 bits per heavy atom. The van der Waals surface area contributed by atoms with E-state index < -0.39 is 10.8 Å². The Balaban J connectivity index is 1.76. The van der Waals surface area contributed by atoms with E-state index in [1.807, 2.05) is 14.0 Å². The van der Waals surface area contributed by atoms with Gasteiger partial charge in [0, 0.05) is 46.3 Å². The summed E-state index contributed by atoms with van der Waals surface area (Å²) < 4.78 is 12.0. The van der Waals surface area contributed by atoms with Gasteiger partial charge in [-0.3, -0.25) is 9.20 Å². The third-order valence-electron chi connectivity index (χ3n) is 4.09. The summed E-state index contributed by atoms with van der Waals surface area (Å²) in [5, 5.41) is 9.34. The van der Waals surface area contributed by atoms with Crippen molar-refractivity contribution in [2.75, 3.05) is 19.3 Å². The van der Waals surface area contributed by atoms with Crippen LogP contribution in [-0.2, 0) is 17.2 Å². The number of aliphatic imine (C=N–C) groups is 1. The van der Waals surface area contributed by atoms with Crippen molar-refractivity contribution < 1.29 is 4.21 Å². The Morgan fingerprint density at radius 1 is 1.50 bits per heavy atom. The van der Waals surface area contributed by atoms with Crippen molar-refractivity contribution in [2.45, 2.75) is 50.3 Å². The predicted octanol–water partition coefficient (Wildman–Crippen LogP) is 2.54. The summed E-state index contributed by atoms with van der Waals surface area (Å²) in [6, 6.07) is 4.64. The van der Waals surface area contributed by atoms with Gasteiger partial charge in [-0.05, 0) is 37.1 Å². The maximum absolute atomic E-state index is 12.0. The fourth-order valence-corrected chi connectivity index (χ4v) is 4.95. The van der Waals surface area contributed by atoms with Gasteiger partial charge in [0.1, 0.15) is 0 Å². The van der Waals surface area contributed by atoms with Gasteiger partial charge in [0.2, 0.25) is 0 Å². The maximum Gasteiger partial charge on any atom is 0.191 e. The highest BCUT2D eigenvalue weighted by atomic mass is 32.2. The summed E-state index contributed by atoms with van der Waals surface area (Å²) in [6.07, 6.45) is 5.41. The van der Waals surface area contributed by atoms with Gasteiger partial charge in [0.25, 0.3) is 0 Å². The average molecular weight is 342 g/mol. The average Bonchev–Trinajstić information content (AvgIpc) is 3.06. The van der Waals surface area contributed by atoms with Gasteiger partial charge in [-0.2, -0.15) is 0 Å². The van der Waals surface area contributed by atoms with E-state index in [1.165, 1.54) is 4.88 Å². The summed E-state index contributed by atoms with van der Waals surface area (Å²) >= 11 is 1.79. The molecule has 2 N–H and O–H groups in total. The van der Waals surface area contributed by atoms with Crippen molar-refractivity contribution in [1.82, 2.24) is 10.6 Å². The molecule has 4 nitrogen and oxygen atoms in total. The first-order valence-corrected chi connectivity index (χ1v) is 10.4. The predicted molar refractivity (Wildman–Crippen MR) is 97.2 cm³/mol. The van der Waals surface area contributed by atoms with E-state index in [9.17, 15) is 4.21 Å². The topological polar surface area (TPSA) is 53.5 Å². The molecule has 6 heteroatoms. The van der Waals surface area contributed by atoms with Crippen LogP contribution in [0.3, 0.4) is 0 Å². The van der Waals surface area contributed by atoms with Crippen LogP contribution in [0.2, 0.25) is 0 Å². The van der Waals surface area contributed by atoms with Crippen LogP contribution >= 0.6 is 11.3 Å². The molecule has 0 bridgehead atoms. The highest BCUT2D eigenvalue weighted by Gasteiger charge is 2.25. The van der Waals surface area contributed by atoms with Crippen molar-refractivity contribution in [1.29, 1.82) is 0 Å². The van der Waals surface area contributed by atoms with Gasteiger partial charge >= 0.3 is 0 Å². The molecule has 0 amide bonds. The summed E-state index contributed by atoms with van der Waals surface area (Å²) in [7, 11) is 1.14. The lowest BCUT2D eigenvalue weighted by molar-refractivity contribution is 0.413. The van der Waals surface area contributed by atoms with Crippen molar-refractivity contribution in [3.05, 3.63) is 22.4 Å². The molecule has 0 spiro atoms. The van der Waals surface area contributed by atoms with Crippen molar-refractivity contribution >= 4 is 28.1 Å². The van der Waals surface area contributed by atoms with Gasteiger partial charge in [0.05, 0.1) is 0 Å². The third kappa shape index (κ3) is 5.39. The van der Waals surface area contributed by atoms with E-state index in [-0.39, 0.29) is 0 Å². The molecular formula is C16H27N3OS2. The number of nitrogens with one attached hydrogen (secondary N) is 2. The fourth-order valence-electron chi connectivity index (χ4n) is 2.90. The molecule has 22 heavy (non-hydrogen) atoms. The summed E-state index contributed by atoms with van der Waals surface area (Å²) in [4.78, 5) is 5.70. The van der Waals surface area contributed by atoms with Gasteiger partial charge in [0.15, 0.2) is 5.96 Å². The number of rotatable bonds is 6. The normalized spacial score (nSPS) is 24.0. The molecule has 2 rings (SSSR count). The van der Waals surface area contributed by atoms with Gasteiger partial charge in [-0.25, -0.2) is 0 Å². The lowest BCUT2D eigenvalue weighted by Crippen LogP contribution is -2.47. The van der Waals surface area contributed by atoms with Crippen LogP contribution in [0.25, 0.3) is 0 Å². The Bertz CT molecular complexity index is 488. The third-order valence-corrected chi connectivity index (χ3v) is 6.77. The molecule has 3 atom stereocenters. The number of nitrogens with zero attached hydrogens (tertiary/aromatic N) is 1. The van der Waals surface area contributed by atoms with Gasteiger partial charge in [-0.15, -0.1) is 11.3 Å². The number of hydrogen-bond donors (Lipinski definition) is 2. The Kier molecular flexibility index (Phi) is 7.39. The highest BCUT2D eigenvalue weighted by molar-refractivity contribution is 7.85. The zero-order valence-corrected chi connectivity index (χ0v) is 15.1. The molecule has 0 saturated heterocycles. The smallest absolute Gasteiger partial charge is 0.191 e. The van der Waals surface area contributed by atoms with E-state index in [1.54, 1.807) is 11.3 Å². The van der Waals surface area contributed by atoms with Crippen molar-refractivity contribution in [3.8, 4) is 0 Å². The summed E-state index contributed by atoms with van der Waals surface area (Å²) in [5.74, 6) is 1.63. The van der Waals surface area contributed by atoms with E-state index in [4.69, 9.17) is 0 Å². The van der Waals surface area contributed by atoms with E-state index in [0.717, 1.165) is 50.4 Å². The lowest BCUT2D eigenvalue weighted by atomic mass is 9.95. The standard InChI is InChI=1S/C16H27N3OS2/c1-3-22(20)15-8-4-6-13(12-15)19-16(17-2)18-10-9-14-7-5-11-21-14/h5,7,11,13,15H,3-4,6,8-10,12H2,1-2H3,(H2,17,18,19). The van der Waals surface area contributed by atoms with Crippen LogP contribution in [0, 0.1) is 0 Å². The molecule has 3 unspecified atom stereocenters. The quantitative estimate of drug-likeness (QED) is 0.617. The van der Waals surface area contributed by atoms with E-state index in [0.29, 0.717) is 11.3 Å². The maximum atomic E-state index is 12.0. The second-order valence-electron chi connectivity index (χ2n) is 5.63. The van der Waals surface area contributed by atoms with Crippen LogP contribution < -0.4 is 10.6 Å². The molecule has 0 aliphatic heterocycles. The molecule has 1 fully saturated rings. The largest absolute Gasteiger partial charge is 0.356 e. The van der Waals surface area contributed by atoms with Crippen LogP contribution in [0.15, 0.2) is 22.5 Å². The van der Waals surface area contributed by atoms with Crippen molar-refractivity contribution in [3.63, 3.8) is 0 Å². The number of hydrogen-bond acceptors (Lipinski definition) is 3. The minimum absolute atomic E-state index is 0.348. The minimum atomic E-state index is -0.675. The summed E-state index contributed by atoms with van der Waals surface area (Å²) in [5.41, 5.74) is 0. The molecular weight excluding hydrogens is 314 g/mol. The monoisotopic (exact) mass is 341 g/mol. The SMILES string of the molecule is CCS(=O)C1CCCC(NC(=NC)NCCc2cccs2)C1. The van der Waals surface area contributed by atoms with E-state index >= 15 is 0 Å². The van der Waals surface area contributed by atoms with Gasteiger partial charge < -0.3 is 10.6 Å². The van der Waals surface area contributed by atoms with Crippen LogP contribution in [0.4, 0.5) is 0 Å². The first kappa shape index (κ1) is 17.5. The first-order valence-electron chi connectivity index (χ1n) is 8.09. The molecule has 1 heterocycles. The Hall–Kier alpha value is -0.880. The van der Waals surface area contributed by atoms with Crippen LogP contribution in [0.1, 0.15) is 37.5 Å². The number of thiophene rings is 1. The summed E-state index contributed by atoms with van der Waals surface area (Å²) in [6.45, 7) is 2.90. The molecule has 0 aromatic carbocycles. The van der Waals surface area contributed by atoms with Crippen LogP contribution in [-0.4, -0.2) is 40.8 Å². The Morgan fingerprint density at radius 2 is 2.36 bits per heavy atom. The first-order chi connectivity index (χ1) is 10.7. The molecule has 1 saturated carbocycles. The molecule has 124 valence electrons. The van der Waals surface area contributed by atoms with Crippen LogP contribution in [0.5, 0.6) is 0 Å². The number of guanidine groups is 1. The molecule has 1 aromatic heterocycles. The van der Waals surface area contributed by atoms with Gasteiger partial charge in [-0.1, -0.05) is 19.4 Å². The highest BCUT2D eigenvalue weighted by Crippen LogP contribution is 2.22. The second kappa shape index (κ2) is 9.30. The van der Waals surface area contributed by atoms with Crippen molar-refractivity contribution in [2.24, 2.45) is 4.99 Å². The van der Waals surface area contributed by atoms with E-state index in [2.05, 4.69) is 33.1 Å². The molecule has 0 radical (unpaired) electrons. The molecule has 1 aliphatic carbocycles. The molecule has 1 aliphatic rings. The molecule has 1 aromatic rings. The fraction of sp³-hybridized carbons (Fsp3) is 0.688. The second-order valence-corrected chi connectivity index (χ2v) is 8.67. The Labute approximate surface area is 140 Å².